The van der Waals surface area contributed by atoms with Crippen LogP contribution in [-0.2, 0) is 10.2 Å². The Morgan fingerprint density at radius 1 is 1.29 bits per heavy atom. The second-order valence-electron chi connectivity index (χ2n) is 6.35. The number of fused-ring (bicyclic) bond motifs is 2. The van der Waals surface area contributed by atoms with Crippen molar-refractivity contribution in [2.45, 2.75) is 17.4 Å². The van der Waals surface area contributed by atoms with E-state index < -0.39 is 21.3 Å². The Morgan fingerprint density at radius 2 is 2.00 bits per heavy atom. The first-order valence-electron chi connectivity index (χ1n) is 7.60. The molecule has 0 amide bonds. The summed E-state index contributed by atoms with van der Waals surface area (Å²) in [5, 5.41) is 19.1. The molecule has 1 aliphatic carbocycles. The Balaban J connectivity index is 1.95. The SMILES string of the molecule is COc1ccc([C@@]2(C)[C@]3(C#N)C(N)=N[C@@]4(OCCS4)[C@@]32C#N)cc1. The number of aliphatic imine (C=N–C) groups is 1. The molecule has 122 valence electrons. The van der Waals surface area contributed by atoms with Crippen LogP contribution >= 0.6 is 11.8 Å². The van der Waals surface area contributed by atoms with E-state index in [0.29, 0.717) is 12.4 Å². The molecule has 7 heteroatoms. The summed E-state index contributed by atoms with van der Waals surface area (Å²) < 4.78 is 11.1. The molecule has 4 rings (SSSR count). The van der Waals surface area contributed by atoms with E-state index >= 15 is 0 Å². The van der Waals surface area contributed by atoms with Gasteiger partial charge >= 0.3 is 0 Å². The Labute approximate surface area is 144 Å². The molecule has 24 heavy (non-hydrogen) atoms. The van der Waals surface area contributed by atoms with Gasteiger partial charge in [-0.25, -0.2) is 4.99 Å². The molecule has 2 heterocycles. The molecular weight excluding hydrogens is 324 g/mol. The maximum atomic E-state index is 10.2. The van der Waals surface area contributed by atoms with E-state index in [1.807, 2.05) is 31.2 Å². The number of ether oxygens (including phenoxy) is 2. The highest BCUT2D eigenvalue weighted by Crippen LogP contribution is 2.87. The lowest BCUT2D eigenvalue weighted by Crippen LogP contribution is -2.38. The molecule has 1 spiro atoms. The highest BCUT2D eigenvalue weighted by Gasteiger charge is 2.99. The van der Waals surface area contributed by atoms with Crippen molar-refractivity contribution in [3.63, 3.8) is 0 Å². The summed E-state index contributed by atoms with van der Waals surface area (Å²) in [5.41, 5.74) is 3.96. The van der Waals surface area contributed by atoms with Gasteiger partial charge in [-0.15, -0.1) is 0 Å². The number of amidine groups is 1. The molecule has 0 aromatic heterocycles. The van der Waals surface area contributed by atoms with E-state index in [1.54, 1.807) is 7.11 Å². The third kappa shape index (κ3) is 1.21. The van der Waals surface area contributed by atoms with Gasteiger partial charge in [0.05, 0.1) is 25.9 Å². The molecule has 1 aromatic rings. The summed E-state index contributed by atoms with van der Waals surface area (Å²) in [5.74, 6) is 1.63. The highest BCUT2D eigenvalue weighted by molar-refractivity contribution is 8.00. The summed E-state index contributed by atoms with van der Waals surface area (Å²) in [6.07, 6.45) is 0. The molecule has 0 bridgehead atoms. The summed E-state index contributed by atoms with van der Waals surface area (Å²) in [6, 6.07) is 12.1. The number of hydrogen-bond donors (Lipinski definition) is 1. The lowest BCUT2D eigenvalue weighted by atomic mass is 9.85. The topological polar surface area (TPSA) is 104 Å². The predicted molar refractivity (Wildman–Crippen MR) is 89.2 cm³/mol. The highest BCUT2D eigenvalue weighted by atomic mass is 32.2. The van der Waals surface area contributed by atoms with Crippen LogP contribution in [0.3, 0.4) is 0 Å². The average Bonchev–Trinajstić information content (AvgIpc) is 2.88. The smallest absolute Gasteiger partial charge is 0.231 e. The van der Waals surface area contributed by atoms with Crippen molar-refractivity contribution in [1.29, 1.82) is 10.5 Å². The fourth-order valence-corrected chi connectivity index (χ4v) is 6.00. The van der Waals surface area contributed by atoms with Crippen molar-refractivity contribution in [3.8, 4) is 17.9 Å². The minimum absolute atomic E-state index is 0.194. The van der Waals surface area contributed by atoms with Gasteiger partial charge in [0, 0.05) is 11.2 Å². The van der Waals surface area contributed by atoms with Crippen molar-refractivity contribution in [3.05, 3.63) is 29.8 Å². The van der Waals surface area contributed by atoms with E-state index in [1.165, 1.54) is 11.8 Å². The number of benzene rings is 1. The van der Waals surface area contributed by atoms with Gasteiger partial charge in [-0.2, -0.15) is 10.5 Å². The van der Waals surface area contributed by atoms with Crippen LogP contribution in [-0.4, -0.2) is 30.4 Å². The second kappa shape index (κ2) is 4.44. The average molecular weight is 340 g/mol. The van der Waals surface area contributed by atoms with E-state index in [-0.39, 0.29) is 5.84 Å². The summed E-state index contributed by atoms with van der Waals surface area (Å²) in [4.78, 5) is 4.46. The van der Waals surface area contributed by atoms with Crippen LogP contribution in [0, 0.1) is 33.5 Å². The van der Waals surface area contributed by atoms with E-state index in [2.05, 4.69) is 17.1 Å². The molecule has 4 atom stereocenters. The van der Waals surface area contributed by atoms with Gasteiger partial charge in [0.2, 0.25) is 5.06 Å². The van der Waals surface area contributed by atoms with Gasteiger partial charge in [-0.05, 0) is 17.7 Å². The van der Waals surface area contributed by atoms with E-state index in [4.69, 9.17) is 15.2 Å². The molecule has 1 aromatic carbocycles. The molecule has 6 nitrogen and oxygen atoms in total. The van der Waals surface area contributed by atoms with Gasteiger partial charge in [0.15, 0.2) is 10.8 Å². The molecule has 2 fully saturated rings. The first kappa shape index (κ1) is 15.3. The predicted octanol–water partition coefficient (Wildman–Crippen LogP) is 1.77. The fraction of sp³-hybridized carbons (Fsp3) is 0.471. The standard InChI is InChI=1S/C17H16N4O2S/c1-14(11-3-5-12(22-2)6-4-11)15(9-18)13(20)21-17(16(14,15)10-19)23-7-8-24-17/h3-6H,7-8H2,1-2H3,(H2,20,21)/t14-,15-,16+,17+/m0/s1. The summed E-state index contributed by atoms with van der Waals surface area (Å²) in [6.45, 7) is 2.40. The molecular formula is C17H16N4O2S. The molecule has 2 aliphatic heterocycles. The molecule has 0 radical (unpaired) electrons. The molecule has 1 saturated carbocycles. The van der Waals surface area contributed by atoms with E-state index in [9.17, 15) is 10.5 Å². The second-order valence-corrected chi connectivity index (χ2v) is 7.60. The molecule has 0 unspecified atom stereocenters. The van der Waals surface area contributed by atoms with Crippen LogP contribution < -0.4 is 10.5 Å². The van der Waals surface area contributed by atoms with Gasteiger partial charge in [-0.1, -0.05) is 30.8 Å². The monoisotopic (exact) mass is 340 g/mol. The molecule has 1 saturated heterocycles. The lowest BCUT2D eigenvalue weighted by Gasteiger charge is -2.30. The minimum Gasteiger partial charge on any atom is -0.497 e. The zero-order valence-corrected chi connectivity index (χ0v) is 14.2. The third-order valence-electron chi connectivity index (χ3n) is 5.81. The van der Waals surface area contributed by atoms with Crippen molar-refractivity contribution >= 4 is 17.6 Å². The van der Waals surface area contributed by atoms with Crippen LogP contribution in [0.15, 0.2) is 29.3 Å². The summed E-state index contributed by atoms with van der Waals surface area (Å²) >= 11 is 1.46. The van der Waals surface area contributed by atoms with Gasteiger partial charge in [-0.3, -0.25) is 0 Å². The third-order valence-corrected chi connectivity index (χ3v) is 7.08. The maximum Gasteiger partial charge on any atom is 0.231 e. The Bertz CT molecular complexity index is 834. The summed E-state index contributed by atoms with van der Waals surface area (Å²) in [7, 11) is 1.60. The van der Waals surface area contributed by atoms with Crippen LogP contribution in [0.1, 0.15) is 12.5 Å². The van der Waals surface area contributed by atoms with Gasteiger partial charge in [0.25, 0.3) is 0 Å². The first-order valence-corrected chi connectivity index (χ1v) is 8.59. The van der Waals surface area contributed by atoms with Crippen LogP contribution in [0.5, 0.6) is 5.75 Å². The Kier molecular flexibility index (Phi) is 2.83. The Morgan fingerprint density at radius 3 is 2.50 bits per heavy atom. The quantitative estimate of drug-likeness (QED) is 0.880. The van der Waals surface area contributed by atoms with Crippen molar-refractivity contribution in [2.75, 3.05) is 19.5 Å². The number of nitrogens with zero attached hydrogens (tertiary/aromatic N) is 3. The minimum atomic E-state index is -1.18. The van der Waals surface area contributed by atoms with E-state index in [0.717, 1.165) is 11.3 Å². The van der Waals surface area contributed by atoms with Gasteiger partial charge < -0.3 is 15.2 Å². The van der Waals surface area contributed by atoms with Crippen LogP contribution in [0.25, 0.3) is 0 Å². The molecule has 2 N–H and O–H groups in total. The zero-order valence-electron chi connectivity index (χ0n) is 13.4. The van der Waals surface area contributed by atoms with Crippen LogP contribution in [0.2, 0.25) is 0 Å². The van der Waals surface area contributed by atoms with Crippen molar-refractivity contribution in [1.82, 2.24) is 0 Å². The number of rotatable bonds is 2. The zero-order chi connectivity index (χ0) is 17.2. The Hall–Kier alpha value is -2.22. The molecule has 3 aliphatic rings. The maximum absolute atomic E-state index is 10.2. The fourth-order valence-electron chi connectivity index (χ4n) is 4.61. The number of methoxy groups -OCH3 is 1. The van der Waals surface area contributed by atoms with Gasteiger partial charge in [0.1, 0.15) is 11.6 Å². The van der Waals surface area contributed by atoms with Crippen molar-refractivity contribution < 1.29 is 9.47 Å². The largest absolute Gasteiger partial charge is 0.497 e. The normalized spacial score (nSPS) is 42.1. The number of thioether (sulfide) groups is 1. The lowest BCUT2D eigenvalue weighted by molar-refractivity contribution is 0.0151. The number of hydrogen-bond acceptors (Lipinski definition) is 7. The number of nitrogens with two attached hydrogens (primary N) is 1. The van der Waals surface area contributed by atoms with Crippen molar-refractivity contribution in [2.24, 2.45) is 21.6 Å². The van der Waals surface area contributed by atoms with Crippen LogP contribution in [0.4, 0.5) is 0 Å². The first-order chi connectivity index (χ1) is 11.5. The number of nitriles is 2.